The third kappa shape index (κ3) is 2.57. The second-order valence-electron chi connectivity index (χ2n) is 5.00. The Morgan fingerprint density at radius 1 is 1.41 bits per heavy atom. The van der Waals surface area contributed by atoms with Gasteiger partial charge in [0.1, 0.15) is 5.82 Å². The molecule has 1 aliphatic carbocycles. The molecule has 0 bridgehead atoms. The number of hydrogen-bond acceptors (Lipinski definition) is 3. The van der Waals surface area contributed by atoms with Crippen LogP contribution < -0.4 is 10.2 Å². The summed E-state index contributed by atoms with van der Waals surface area (Å²) < 4.78 is 0. The highest BCUT2D eigenvalue weighted by molar-refractivity contribution is 5.77. The van der Waals surface area contributed by atoms with Crippen LogP contribution in [-0.4, -0.2) is 30.0 Å². The maximum atomic E-state index is 11.6. The van der Waals surface area contributed by atoms with Crippen molar-refractivity contribution >= 4 is 11.7 Å². The van der Waals surface area contributed by atoms with Crippen LogP contribution in [0.1, 0.15) is 19.3 Å². The Hall–Kier alpha value is -1.58. The van der Waals surface area contributed by atoms with Crippen molar-refractivity contribution in [3.8, 4) is 0 Å². The zero-order valence-corrected chi connectivity index (χ0v) is 9.80. The van der Waals surface area contributed by atoms with Crippen LogP contribution in [0.4, 0.5) is 5.82 Å². The van der Waals surface area contributed by atoms with Crippen LogP contribution in [0.25, 0.3) is 0 Å². The van der Waals surface area contributed by atoms with E-state index in [9.17, 15) is 4.79 Å². The van der Waals surface area contributed by atoms with E-state index in [4.69, 9.17) is 0 Å². The number of anilines is 1. The van der Waals surface area contributed by atoms with Gasteiger partial charge in [0.2, 0.25) is 5.91 Å². The first-order chi connectivity index (χ1) is 8.31. The molecule has 1 saturated carbocycles. The first-order valence-corrected chi connectivity index (χ1v) is 6.26. The highest BCUT2D eigenvalue weighted by Crippen LogP contribution is 2.32. The van der Waals surface area contributed by atoms with Crippen LogP contribution in [0.15, 0.2) is 24.4 Å². The smallest absolute Gasteiger partial charge is 0.220 e. The highest BCUT2D eigenvalue weighted by Gasteiger charge is 2.30. The Morgan fingerprint density at radius 2 is 2.24 bits per heavy atom. The normalized spacial score (nSPS) is 19.9. The minimum absolute atomic E-state index is 0.221. The van der Waals surface area contributed by atoms with Gasteiger partial charge in [-0.15, -0.1) is 0 Å². The van der Waals surface area contributed by atoms with Crippen LogP contribution in [0, 0.1) is 5.92 Å². The molecule has 4 nitrogen and oxygen atoms in total. The van der Waals surface area contributed by atoms with Gasteiger partial charge in [0, 0.05) is 25.7 Å². The quantitative estimate of drug-likeness (QED) is 0.846. The van der Waals surface area contributed by atoms with E-state index >= 15 is 0 Å². The van der Waals surface area contributed by atoms with Crippen LogP contribution >= 0.6 is 0 Å². The molecule has 2 heterocycles. The third-order valence-electron chi connectivity index (χ3n) is 3.39. The minimum atomic E-state index is 0.221. The van der Waals surface area contributed by atoms with E-state index in [0.717, 1.165) is 25.3 Å². The van der Waals surface area contributed by atoms with Crippen molar-refractivity contribution in [2.24, 2.45) is 5.92 Å². The Morgan fingerprint density at radius 3 is 2.88 bits per heavy atom. The molecule has 0 spiro atoms. The number of rotatable bonds is 4. The molecular weight excluding hydrogens is 214 g/mol. The van der Waals surface area contributed by atoms with Gasteiger partial charge >= 0.3 is 0 Å². The monoisotopic (exact) mass is 231 g/mol. The number of aromatic nitrogens is 1. The fourth-order valence-corrected chi connectivity index (χ4v) is 2.17. The van der Waals surface area contributed by atoms with Gasteiger partial charge in [-0.1, -0.05) is 6.07 Å². The number of hydrogen-bond donors (Lipinski definition) is 1. The summed E-state index contributed by atoms with van der Waals surface area (Å²) >= 11 is 0. The average Bonchev–Trinajstić information content (AvgIpc) is 3.08. The standard InChI is InChI=1S/C13H17N3O/c17-13(7-10-4-5-10)15-11-8-16(9-11)12-3-1-2-6-14-12/h1-3,6,10-11H,4-5,7-9H2,(H,15,17). The topological polar surface area (TPSA) is 45.2 Å². The maximum absolute atomic E-state index is 11.6. The Balaban J connectivity index is 1.43. The second-order valence-corrected chi connectivity index (χ2v) is 5.00. The van der Waals surface area contributed by atoms with Gasteiger partial charge in [-0.3, -0.25) is 4.79 Å². The molecule has 1 aromatic heterocycles. The van der Waals surface area contributed by atoms with Gasteiger partial charge in [-0.25, -0.2) is 4.98 Å². The van der Waals surface area contributed by atoms with Gasteiger partial charge < -0.3 is 10.2 Å². The van der Waals surface area contributed by atoms with Crippen molar-refractivity contribution in [1.82, 2.24) is 10.3 Å². The molecule has 0 aromatic carbocycles. The Bertz CT molecular complexity index is 396. The lowest BCUT2D eigenvalue weighted by molar-refractivity contribution is -0.122. The first kappa shape index (κ1) is 10.6. The van der Waals surface area contributed by atoms with E-state index in [0.29, 0.717) is 12.0 Å². The molecule has 17 heavy (non-hydrogen) atoms. The van der Waals surface area contributed by atoms with E-state index in [-0.39, 0.29) is 5.91 Å². The van der Waals surface area contributed by atoms with E-state index < -0.39 is 0 Å². The zero-order chi connectivity index (χ0) is 11.7. The number of amides is 1. The Labute approximate surface area is 101 Å². The summed E-state index contributed by atoms with van der Waals surface area (Å²) in [6, 6.07) is 6.21. The summed E-state index contributed by atoms with van der Waals surface area (Å²) in [5.41, 5.74) is 0. The summed E-state index contributed by atoms with van der Waals surface area (Å²) in [7, 11) is 0. The molecule has 2 fully saturated rings. The molecule has 4 heteroatoms. The second kappa shape index (κ2) is 4.35. The number of nitrogens with one attached hydrogen (secondary N) is 1. The molecule has 1 amide bonds. The lowest BCUT2D eigenvalue weighted by Gasteiger charge is -2.40. The minimum Gasteiger partial charge on any atom is -0.352 e. The number of carbonyl (C=O) groups excluding carboxylic acids is 1. The summed E-state index contributed by atoms with van der Waals surface area (Å²) in [6.07, 6.45) is 4.99. The zero-order valence-electron chi connectivity index (χ0n) is 9.80. The van der Waals surface area contributed by atoms with E-state index in [1.807, 2.05) is 18.2 Å². The Kier molecular flexibility index (Phi) is 2.71. The number of pyridine rings is 1. The molecule has 1 N–H and O–H groups in total. The first-order valence-electron chi connectivity index (χ1n) is 6.26. The van der Waals surface area contributed by atoms with E-state index in [1.165, 1.54) is 12.8 Å². The molecule has 1 aliphatic heterocycles. The van der Waals surface area contributed by atoms with Crippen LogP contribution in [-0.2, 0) is 4.79 Å². The largest absolute Gasteiger partial charge is 0.352 e. The fraction of sp³-hybridized carbons (Fsp3) is 0.538. The average molecular weight is 231 g/mol. The fourth-order valence-electron chi connectivity index (χ4n) is 2.17. The SMILES string of the molecule is O=C(CC1CC1)NC1CN(c2ccccn2)C1. The number of nitrogens with zero attached hydrogens (tertiary/aromatic N) is 2. The molecule has 3 rings (SSSR count). The molecule has 1 aromatic rings. The lowest BCUT2D eigenvalue weighted by atomic mass is 10.1. The van der Waals surface area contributed by atoms with Gasteiger partial charge in [0.15, 0.2) is 0 Å². The summed E-state index contributed by atoms with van der Waals surface area (Å²) in [4.78, 5) is 18.1. The molecule has 90 valence electrons. The van der Waals surface area contributed by atoms with Crippen LogP contribution in [0.5, 0.6) is 0 Å². The maximum Gasteiger partial charge on any atom is 0.220 e. The molecule has 0 atom stereocenters. The predicted molar refractivity (Wildman–Crippen MR) is 65.7 cm³/mol. The van der Waals surface area contributed by atoms with Gasteiger partial charge in [-0.2, -0.15) is 0 Å². The van der Waals surface area contributed by atoms with Crippen molar-refractivity contribution in [2.45, 2.75) is 25.3 Å². The van der Waals surface area contributed by atoms with Crippen LogP contribution in [0.3, 0.4) is 0 Å². The molecule has 1 saturated heterocycles. The van der Waals surface area contributed by atoms with E-state index in [1.54, 1.807) is 6.20 Å². The van der Waals surface area contributed by atoms with Crippen molar-refractivity contribution < 1.29 is 4.79 Å². The molecule has 0 radical (unpaired) electrons. The number of carbonyl (C=O) groups is 1. The summed E-state index contributed by atoms with van der Waals surface area (Å²) in [5, 5.41) is 3.08. The summed E-state index contributed by atoms with van der Waals surface area (Å²) in [6.45, 7) is 1.76. The van der Waals surface area contributed by atoms with Crippen molar-refractivity contribution in [3.63, 3.8) is 0 Å². The molecule has 0 unspecified atom stereocenters. The van der Waals surface area contributed by atoms with Crippen LogP contribution in [0.2, 0.25) is 0 Å². The third-order valence-corrected chi connectivity index (χ3v) is 3.39. The van der Waals surface area contributed by atoms with Gasteiger partial charge in [-0.05, 0) is 30.9 Å². The van der Waals surface area contributed by atoms with Crippen molar-refractivity contribution in [2.75, 3.05) is 18.0 Å². The predicted octanol–water partition coefficient (Wildman–Crippen LogP) is 1.19. The van der Waals surface area contributed by atoms with Crippen molar-refractivity contribution in [1.29, 1.82) is 0 Å². The lowest BCUT2D eigenvalue weighted by Crippen LogP contribution is -2.59. The summed E-state index contributed by atoms with van der Waals surface area (Å²) in [5.74, 6) is 1.89. The van der Waals surface area contributed by atoms with Gasteiger partial charge in [0.05, 0.1) is 6.04 Å². The molecule has 2 aliphatic rings. The van der Waals surface area contributed by atoms with Crippen molar-refractivity contribution in [3.05, 3.63) is 24.4 Å². The van der Waals surface area contributed by atoms with Gasteiger partial charge in [0.25, 0.3) is 0 Å². The molecular formula is C13H17N3O. The van der Waals surface area contributed by atoms with E-state index in [2.05, 4.69) is 15.2 Å². The highest BCUT2D eigenvalue weighted by atomic mass is 16.1.